The Labute approximate surface area is 99.2 Å². The Kier molecular flexibility index (Phi) is 4.78. The maximum Gasteiger partial charge on any atom is 0.337 e. The van der Waals surface area contributed by atoms with Gasteiger partial charge < -0.3 is 10.1 Å². The van der Waals surface area contributed by atoms with E-state index in [0.717, 1.165) is 0 Å². The monoisotopic (exact) mass is 245 g/mol. The summed E-state index contributed by atoms with van der Waals surface area (Å²) in [5.74, 6) is 0.319. The van der Waals surface area contributed by atoms with Crippen LogP contribution in [0.4, 0.5) is 5.69 Å². The second-order valence-electron chi connectivity index (χ2n) is 2.84. The first kappa shape index (κ1) is 12.2. The van der Waals surface area contributed by atoms with Crippen LogP contribution >= 0.6 is 24.2 Å². The van der Waals surface area contributed by atoms with Gasteiger partial charge in [-0.3, -0.25) is 0 Å². The van der Waals surface area contributed by atoms with E-state index in [4.69, 9.17) is 11.6 Å². The molecule has 5 heteroatoms. The normalized spacial score (nSPS) is 9.80. The Balaban J connectivity index is 2.89. The molecule has 0 radical (unpaired) electrons. The van der Waals surface area contributed by atoms with Gasteiger partial charge in [0.25, 0.3) is 0 Å². The van der Waals surface area contributed by atoms with Gasteiger partial charge in [-0.25, -0.2) is 4.79 Å². The van der Waals surface area contributed by atoms with Gasteiger partial charge in [0.1, 0.15) is 0 Å². The molecular formula is C10H12ClNO2S. The molecular weight excluding hydrogens is 234 g/mol. The summed E-state index contributed by atoms with van der Waals surface area (Å²) in [6.45, 7) is 0.688. The number of hydrogen-bond acceptors (Lipinski definition) is 4. The Morgan fingerprint density at radius 3 is 2.93 bits per heavy atom. The third kappa shape index (κ3) is 3.32. The number of thiol groups is 1. The van der Waals surface area contributed by atoms with E-state index in [-0.39, 0.29) is 5.97 Å². The van der Waals surface area contributed by atoms with Crippen LogP contribution in [0.2, 0.25) is 5.02 Å². The van der Waals surface area contributed by atoms with Gasteiger partial charge in [-0.1, -0.05) is 11.6 Å². The van der Waals surface area contributed by atoms with E-state index in [0.29, 0.717) is 28.6 Å². The number of rotatable bonds is 4. The third-order valence-electron chi connectivity index (χ3n) is 1.81. The van der Waals surface area contributed by atoms with E-state index >= 15 is 0 Å². The van der Waals surface area contributed by atoms with Crippen LogP contribution in [0.1, 0.15) is 10.4 Å². The molecule has 3 nitrogen and oxygen atoms in total. The van der Waals surface area contributed by atoms with Crippen LogP contribution in [0, 0.1) is 0 Å². The van der Waals surface area contributed by atoms with Crippen molar-refractivity contribution in [3.8, 4) is 0 Å². The number of hydrogen-bond donors (Lipinski definition) is 2. The molecule has 0 aliphatic rings. The van der Waals surface area contributed by atoms with Crippen molar-refractivity contribution in [1.29, 1.82) is 0 Å². The SMILES string of the molecule is COC(=O)c1ccc(Cl)c(NCCS)c1. The van der Waals surface area contributed by atoms with E-state index in [1.54, 1.807) is 18.2 Å². The fourth-order valence-electron chi connectivity index (χ4n) is 1.10. The predicted molar refractivity (Wildman–Crippen MR) is 65.1 cm³/mol. The molecule has 1 N–H and O–H groups in total. The zero-order valence-electron chi connectivity index (χ0n) is 8.29. The van der Waals surface area contributed by atoms with Crippen molar-refractivity contribution in [2.45, 2.75) is 0 Å². The summed E-state index contributed by atoms with van der Waals surface area (Å²) in [4.78, 5) is 11.2. The fourth-order valence-corrected chi connectivity index (χ4v) is 1.39. The topological polar surface area (TPSA) is 38.3 Å². The number of anilines is 1. The van der Waals surface area contributed by atoms with Gasteiger partial charge >= 0.3 is 5.97 Å². The second kappa shape index (κ2) is 5.88. The van der Waals surface area contributed by atoms with E-state index in [1.807, 2.05) is 0 Å². The number of halogens is 1. The Hall–Kier alpha value is -0.870. The average molecular weight is 246 g/mol. The van der Waals surface area contributed by atoms with Crippen molar-refractivity contribution >= 4 is 35.9 Å². The molecule has 0 heterocycles. The zero-order chi connectivity index (χ0) is 11.3. The summed E-state index contributed by atoms with van der Waals surface area (Å²) in [5.41, 5.74) is 1.19. The molecule has 0 unspecified atom stereocenters. The lowest BCUT2D eigenvalue weighted by molar-refractivity contribution is 0.0601. The van der Waals surface area contributed by atoms with Crippen LogP contribution in [0.25, 0.3) is 0 Å². The Morgan fingerprint density at radius 2 is 2.33 bits per heavy atom. The van der Waals surface area contributed by atoms with Crippen LogP contribution in [-0.4, -0.2) is 25.4 Å². The highest BCUT2D eigenvalue weighted by Crippen LogP contribution is 2.23. The van der Waals surface area contributed by atoms with Crippen LogP contribution in [0.15, 0.2) is 18.2 Å². The first-order valence-electron chi connectivity index (χ1n) is 4.41. The summed E-state index contributed by atoms with van der Waals surface area (Å²) >= 11 is 10.0. The number of esters is 1. The van der Waals surface area contributed by atoms with Gasteiger partial charge in [-0.2, -0.15) is 12.6 Å². The van der Waals surface area contributed by atoms with Gasteiger partial charge in [0, 0.05) is 12.3 Å². The van der Waals surface area contributed by atoms with Crippen LogP contribution < -0.4 is 5.32 Å². The van der Waals surface area contributed by atoms with Crippen LogP contribution in [0.5, 0.6) is 0 Å². The van der Waals surface area contributed by atoms with E-state index in [9.17, 15) is 4.79 Å². The maximum atomic E-state index is 11.2. The molecule has 0 spiro atoms. The molecule has 0 aromatic heterocycles. The molecule has 0 fully saturated rings. The average Bonchev–Trinajstić information content (AvgIpc) is 2.27. The number of carbonyl (C=O) groups excluding carboxylic acids is 1. The van der Waals surface area contributed by atoms with Gasteiger partial charge in [-0.05, 0) is 18.2 Å². The molecule has 0 bridgehead atoms. The highest BCUT2D eigenvalue weighted by molar-refractivity contribution is 7.80. The van der Waals surface area contributed by atoms with Crippen LogP contribution in [0.3, 0.4) is 0 Å². The first-order valence-corrected chi connectivity index (χ1v) is 5.42. The Morgan fingerprint density at radius 1 is 1.60 bits per heavy atom. The molecule has 82 valence electrons. The summed E-state index contributed by atoms with van der Waals surface area (Å²) < 4.78 is 4.61. The largest absolute Gasteiger partial charge is 0.465 e. The highest BCUT2D eigenvalue weighted by atomic mass is 35.5. The standard InChI is InChI=1S/C10H12ClNO2S/c1-14-10(13)7-2-3-8(11)9(6-7)12-4-5-15/h2-3,6,12,15H,4-5H2,1H3. The first-order chi connectivity index (χ1) is 7.19. The lowest BCUT2D eigenvalue weighted by Crippen LogP contribution is -2.06. The van der Waals surface area contributed by atoms with Gasteiger partial charge in [-0.15, -0.1) is 0 Å². The van der Waals surface area contributed by atoms with Gasteiger partial charge in [0.15, 0.2) is 0 Å². The molecule has 0 saturated carbocycles. The molecule has 15 heavy (non-hydrogen) atoms. The van der Waals surface area contributed by atoms with Crippen molar-refractivity contribution in [3.05, 3.63) is 28.8 Å². The molecule has 1 rings (SSSR count). The smallest absolute Gasteiger partial charge is 0.337 e. The lowest BCUT2D eigenvalue weighted by atomic mass is 10.2. The van der Waals surface area contributed by atoms with Gasteiger partial charge in [0.05, 0.1) is 23.4 Å². The minimum absolute atomic E-state index is 0.374. The van der Waals surface area contributed by atoms with E-state index in [1.165, 1.54) is 7.11 Å². The van der Waals surface area contributed by atoms with Crippen molar-refractivity contribution in [2.75, 3.05) is 24.7 Å². The quantitative estimate of drug-likeness (QED) is 0.632. The minimum atomic E-state index is -0.374. The summed E-state index contributed by atoms with van der Waals surface area (Å²) in [7, 11) is 1.35. The number of methoxy groups -OCH3 is 1. The minimum Gasteiger partial charge on any atom is -0.465 e. The molecule has 0 aliphatic carbocycles. The van der Waals surface area contributed by atoms with Crippen molar-refractivity contribution in [3.63, 3.8) is 0 Å². The predicted octanol–water partition coefficient (Wildman–Crippen LogP) is 2.47. The van der Waals surface area contributed by atoms with Gasteiger partial charge in [0.2, 0.25) is 0 Å². The highest BCUT2D eigenvalue weighted by Gasteiger charge is 2.08. The Bertz CT molecular complexity index is 357. The summed E-state index contributed by atoms with van der Waals surface area (Å²) in [5, 5.41) is 3.64. The van der Waals surface area contributed by atoms with E-state index < -0.39 is 0 Å². The van der Waals surface area contributed by atoms with Crippen molar-refractivity contribution < 1.29 is 9.53 Å². The molecule has 1 aromatic carbocycles. The number of ether oxygens (including phenoxy) is 1. The second-order valence-corrected chi connectivity index (χ2v) is 3.69. The number of benzene rings is 1. The maximum absolute atomic E-state index is 11.2. The molecule has 1 aromatic rings. The third-order valence-corrected chi connectivity index (χ3v) is 2.37. The van der Waals surface area contributed by atoms with Crippen LogP contribution in [-0.2, 0) is 4.74 Å². The number of carbonyl (C=O) groups is 1. The molecule has 0 amide bonds. The fraction of sp³-hybridized carbons (Fsp3) is 0.300. The molecule has 0 aliphatic heterocycles. The molecule has 0 saturated heterocycles. The molecule has 0 atom stereocenters. The van der Waals surface area contributed by atoms with Crippen molar-refractivity contribution in [1.82, 2.24) is 0 Å². The summed E-state index contributed by atoms with van der Waals surface area (Å²) in [6, 6.07) is 4.95. The zero-order valence-corrected chi connectivity index (χ0v) is 9.94. The van der Waals surface area contributed by atoms with E-state index in [2.05, 4.69) is 22.7 Å². The number of nitrogens with one attached hydrogen (secondary N) is 1. The summed E-state index contributed by atoms with van der Waals surface area (Å²) in [6.07, 6.45) is 0. The van der Waals surface area contributed by atoms with Crippen molar-refractivity contribution in [2.24, 2.45) is 0 Å². The lowest BCUT2D eigenvalue weighted by Gasteiger charge is -2.08.